The van der Waals surface area contributed by atoms with Crippen LogP contribution in [0, 0.1) is 18.3 Å². The third-order valence-corrected chi connectivity index (χ3v) is 16.1. The predicted molar refractivity (Wildman–Crippen MR) is 314 cm³/mol. The number of aromatic nitrogens is 1. The topological polar surface area (TPSA) is 213 Å². The van der Waals surface area contributed by atoms with E-state index in [9.17, 15) is 29.1 Å². The lowest BCUT2D eigenvalue weighted by Crippen LogP contribution is -2.57. The fraction of sp³-hybridized carbons (Fsp3) is 0.467. The van der Waals surface area contributed by atoms with Gasteiger partial charge in [-0.3, -0.25) is 33.8 Å². The highest BCUT2D eigenvalue weighted by Crippen LogP contribution is 2.34. The number of carbonyl (C=O) groups excluding carboxylic acids is 5. The number of β-amino-alcohol motifs (C(OH)–C–C–N with tert-alkyl or cyclic N) is 1. The Morgan fingerprint density at radius 2 is 1.66 bits per heavy atom. The van der Waals surface area contributed by atoms with Gasteiger partial charge in [0.05, 0.1) is 53.1 Å². The first-order chi connectivity index (χ1) is 38.0. The van der Waals surface area contributed by atoms with Crippen molar-refractivity contribution >= 4 is 75.4 Å². The quantitative estimate of drug-likeness (QED) is 0.0375. The highest BCUT2D eigenvalue weighted by Gasteiger charge is 2.44. The number of ether oxygens (including phenoxy) is 1. The van der Waals surface area contributed by atoms with Gasteiger partial charge in [0, 0.05) is 75.6 Å². The summed E-state index contributed by atoms with van der Waals surface area (Å²) in [4.78, 5) is 89.3. The maximum atomic E-state index is 14.1. The van der Waals surface area contributed by atoms with Crippen LogP contribution < -0.4 is 35.8 Å². The van der Waals surface area contributed by atoms with Gasteiger partial charge in [0.25, 0.3) is 5.91 Å². The van der Waals surface area contributed by atoms with Gasteiger partial charge in [-0.1, -0.05) is 95.4 Å². The van der Waals surface area contributed by atoms with Crippen LogP contribution in [0.4, 0.5) is 22.7 Å². The second-order valence-corrected chi connectivity index (χ2v) is 22.9. The molecule has 5 amide bonds. The van der Waals surface area contributed by atoms with Gasteiger partial charge < -0.3 is 40.9 Å². The molecule has 8 rings (SSSR count). The first-order valence-corrected chi connectivity index (χ1v) is 28.5. The first kappa shape index (κ1) is 57.9. The molecule has 3 aromatic carbocycles. The van der Waals surface area contributed by atoms with Gasteiger partial charge in [-0.15, -0.1) is 11.3 Å². The van der Waals surface area contributed by atoms with Crippen molar-refractivity contribution in [2.75, 3.05) is 73.4 Å². The Morgan fingerprint density at radius 1 is 0.924 bits per heavy atom. The van der Waals surface area contributed by atoms with Crippen LogP contribution in [0.25, 0.3) is 10.4 Å². The smallest absolute Gasteiger partial charge is 0.256 e. The summed E-state index contributed by atoms with van der Waals surface area (Å²) >= 11 is 1.58. The van der Waals surface area contributed by atoms with Crippen molar-refractivity contribution in [1.82, 2.24) is 25.4 Å². The summed E-state index contributed by atoms with van der Waals surface area (Å²) in [7, 11) is 1.64. The third-order valence-electron chi connectivity index (χ3n) is 15.1. The molecule has 420 valence electrons. The number of aliphatic hydroxyl groups excluding tert-OH is 1. The standard InChI is InChI=1S/C60H77N11O7S/c1-8-51(73)64-43-17-16-18-45(32-43)71-53(75)31-39(2)47-36-62-59(67-56(47)71)65-48-25-24-44(33-50(48)78-7)69-29-27-68(28-30-69)26-15-13-11-9-10-12-14-19-52(74)66-55(60(4,5)6)58(77)70-37-46(72)34-49(70)57(76)61-35-41-20-22-42(23-21-41)54-40(3)63-38-79-54/h8,16-18,20-25,31-33,38,46-47,49,55,72H,1,9-15,19,26-30,34-37H2,2-7H3,(H,61,76)(H,62,65)(H,64,73)(H,66,74). The van der Waals surface area contributed by atoms with Crippen molar-refractivity contribution in [2.45, 2.75) is 117 Å². The van der Waals surface area contributed by atoms with E-state index >= 15 is 0 Å². The van der Waals surface area contributed by atoms with E-state index in [2.05, 4.69) is 48.7 Å². The molecule has 5 N–H and O–H groups in total. The van der Waals surface area contributed by atoms with Gasteiger partial charge in [0.15, 0.2) is 0 Å². The van der Waals surface area contributed by atoms with Gasteiger partial charge in [-0.05, 0) is 86.2 Å². The summed E-state index contributed by atoms with van der Waals surface area (Å²) in [5, 5.41) is 22.7. The number of amidine groups is 1. The monoisotopic (exact) mass is 1100 g/mol. The summed E-state index contributed by atoms with van der Waals surface area (Å²) in [6.45, 7) is 18.6. The number of guanidine groups is 1. The molecular weight excluding hydrogens is 1020 g/mol. The van der Waals surface area contributed by atoms with Crippen LogP contribution in [0.3, 0.4) is 0 Å². The maximum absolute atomic E-state index is 14.1. The number of aliphatic imine (C=N–C) groups is 2. The molecule has 4 unspecified atom stereocenters. The Hall–Kier alpha value is -7.22. The van der Waals surface area contributed by atoms with E-state index in [1.807, 2.05) is 82.6 Å². The molecule has 2 saturated heterocycles. The summed E-state index contributed by atoms with van der Waals surface area (Å²) in [6, 6.07) is 19.4. The molecule has 4 atom stereocenters. The van der Waals surface area contributed by atoms with Gasteiger partial charge in [0.2, 0.25) is 29.6 Å². The lowest BCUT2D eigenvalue weighted by atomic mass is 9.85. The fourth-order valence-corrected chi connectivity index (χ4v) is 11.4. The summed E-state index contributed by atoms with van der Waals surface area (Å²) in [5.41, 5.74) is 7.94. The molecule has 0 saturated carbocycles. The lowest BCUT2D eigenvalue weighted by Gasteiger charge is -2.36. The summed E-state index contributed by atoms with van der Waals surface area (Å²) in [5.74, 6) is -0.0449. The normalized spacial score (nSPS) is 18.9. The van der Waals surface area contributed by atoms with Gasteiger partial charge >= 0.3 is 0 Å². The zero-order valence-corrected chi connectivity index (χ0v) is 47.4. The number of hydrogen-bond donors (Lipinski definition) is 5. The Balaban J connectivity index is 0.718. The van der Waals surface area contributed by atoms with Crippen LogP contribution in [0.1, 0.15) is 96.7 Å². The molecule has 0 bridgehead atoms. The van der Waals surface area contributed by atoms with Gasteiger partial charge in [-0.25, -0.2) is 9.98 Å². The van der Waals surface area contributed by atoms with E-state index in [1.165, 1.54) is 11.0 Å². The van der Waals surface area contributed by atoms with Crippen molar-refractivity contribution in [3.8, 4) is 16.2 Å². The molecule has 79 heavy (non-hydrogen) atoms. The molecule has 19 heteroatoms. The Morgan fingerprint density at radius 3 is 2.35 bits per heavy atom. The van der Waals surface area contributed by atoms with Crippen molar-refractivity contribution < 1.29 is 33.8 Å². The fourth-order valence-electron chi connectivity index (χ4n) is 10.6. The number of amides is 5. The highest BCUT2D eigenvalue weighted by molar-refractivity contribution is 7.13. The van der Waals surface area contributed by atoms with Crippen molar-refractivity contribution in [1.29, 1.82) is 0 Å². The molecule has 1 aromatic heterocycles. The summed E-state index contributed by atoms with van der Waals surface area (Å²) < 4.78 is 5.86. The molecule has 0 spiro atoms. The van der Waals surface area contributed by atoms with Gasteiger partial charge in [-0.2, -0.15) is 4.99 Å². The second kappa shape index (κ2) is 26.6. The second-order valence-electron chi connectivity index (χ2n) is 22.0. The first-order valence-electron chi connectivity index (χ1n) is 27.7. The molecule has 0 aliphatic carbocycles. The van der Waals surface area contributed by atoms with E-state index in [-0.39, 0.29) is 55.0 Å². The van der Waals surface area contributed by atoms with E-state index in [0.717, 1.165) is 111 Å². The van der Waals surface area contributed by atoms with Crippen molar-refractivity contribution in [3.05, 3.63) is 108 Å². The van der Waals surface area contributed by atoms with Crippen LogP contribution in [-0.2, 0) is 30.5 Å². The Bertz CT molecular complexity index is 2940. The number of nitrogens with zero attached hydrogens (tertiary/aromatic N) is 7. The van der Waals surface area contributed by atoms with E-state index < -0.39 is 23.6 Å². The molecule has 2 fully saturated rings. The number of hydrogen-bond acceptors (Lipinski definition) is 14. The molecular formula is C60H77N11O7S. The molecule has 18 nitrogen and oxygen atoms in total. The zero-order valence-electron chi connectivity index (χ0n) is 46.6. The minimum Gasteiger partial charge on any atom is -0.494 e. The van der Waals surface area contributed by atoms with Gasteiger partial charge in [0.1, 0.15) is 23.7 Å². The zero-order chi connectivity index (χ0) is 56.2. The molecule has 4 aliphatic rings. The number of unbranched alkanes of at least 4 members (excludes halogenated alkanes) is 6. The van der Waals surface area contributed by atoms with Crippen LogP contribution in [-0.4, -0.2) is 132 Å². The maximum Gasteiger partial charge on any atom is 0.256 e. The number of carbonyl (C=O) groups is 5. The highest BCUT2D eigenvalue weighted by atomic mass is 32.1. The minimum absolute atomic E-state index is 0.0346. The van der Waals surface area contributed by atoms with Crippen LogP contribution in [0.2, 0.25) is 0 Å². The van der Waals surface area contributed by atoms with E-state index in [1.54, 1.807) is 47.6 Å². The number of aliphatic hydroxyl groups is 1. The number of rotatable bonds is 22. The average molecular weight is 1100 g/mol. The number of thiazole rings is 1. The number of nitrogens with one attached hydrogen (secondary N) is 4. The summed E-state index contributed by atoms with van der Waals surface area (Å²) in [6.07, 6.45) is 9.66. The third kappa shape index (κ3) is 14.9. The number of methoxy groups -OCH3 is 1. The van der Waals surface area contributed by atoms with Crippen LogP contribution in [0.15, 0.2) is 107 Å². The van der Waals surface area contributed by atoms with Crippen molar-refractivity contribution in [2.24, 2.45) is 21.3 Å². The SMILES string of the molecule is C=CC(=O)Nc1cccc(N2C(=O)C=C(C)C3CN=C(Nc4ccc(N5CCN(CCCCCCCCCC(=O)NC(C(=O)N6CC(O)CC6C(=O)NCc6ccc(-c7scnc7C)cc6)C(C)(C)C)CC5)cc4OC)N=C32)c1. The number of piperazine rings is 1. The largest absolute Gasteiger partial charge is 0.494 e. The number of anilines is 4. The number of aryl methyl sites for hydroxylation is 1. The number of likely N-dealkylation sites (tertiary alicyclic amines) is 1. The average Bonchev–Trinajstić information content (AvgIpc) is 4.20. The molecule has 5 heterocycles. The molecule has 4 aliphatic heterocycles. The molecule has 0 radical (unpaired) electrons. The van der Waals surface area contributed by atoms with E-state index in [0.29, 0.717) is 47.6 Å². The number of benzene rings is 3. The van der Waals surface area contributed by atoms with Crippen LogP contribution >= 0.6 is 11.3 Å². The van der Waals surface area contributed by atoms with Crippen LogP contribution in [0.5, 0.6) is 5.75 Å². The lowest BCUT2D eigenvalue weighted by molar-refractivity contribution is -0.144. The predicted octanol–water partition coefficient (Wildman–Crippen LogP) is 8.09. The van der Waals surface area contributed by atoms with E-state index in [4.69, 9.17) is 14.7 Å². The Labute approximate surface area is 468 Å². The number of fused-ring (bicyclic) bond motifs is 1. The minimum atomic E-state index is -0.848. The molecule has 4 aromatic rings. The Kier molecular flexibility index (Phi) is 19.5. The van der Waals surface area contributed by atoms with Crippen molar-refractivity contribution in [3.63, 3.8) is 0 Å².